The lowest BCUT2D eigenvalue weighted by molar-refractivity contribution is -0.384. The van der Waals surface area contributed by atoms with Crippen LogP contribution in [-0.4, -0.2) is 24.7 Å². The first-order valence-electron chi connectivity index (χ1n) is 5.25. The fourth-order valence-electron chi connectivity index (χ4n) is 1.69. The van der Waals surface area contributed by atoms with Crippen LogP contribution in [0.4, 0.5) is 5.69 Å². The number of aromatic nitrogens is 4. The van der Waals surface area contributed by atoms with Gasteiger partial charge in [-0.1, -0.05) is 0 Å². The van der Waals surface area contributed by atoms with Crippen LogP contribution >= 0.6 is 22.6 Å². The van der Waals surface area contributed by atoms with Gasteiger partial charge in [-0.2, -0.15) is 9.78 Å². The molecule has 0 amide bonds. The molecule has 0 spiro atoms. The van der Waals surface area contributed by atoms with E-state index in [-0.39, 0.29) is 5.69 Å². The van der Waals surface area contributed by atoms with E-state index in [1.165, 1.54) is 16.8 Å². The molecule has 19 heavy (non-hydrogen) atoms. The number of halogens is 1. The van der Waals surface area contributed by atoms with Crippen LogP contribution in [0, 0.1) is 13.7 Å². The molecular weight excluding hydrogens is 361 g/mol. The highest BCUT2D eigenvalue weighted by Gasteiger charge is 2.12. The summed E-state index contributed by atoms with van der Waals surface area (Å²) in [4.78, 5) is 18.7. The number of hydrogen-bond donors (Lipinski definition) is 0. The third kappa shape index (κ3) is 2.14. The van der Waals surface area contributed by atoms with Gasteiger partial charge in [0.25, 0.3) is 11.6 Å². The second kappa shape index (κ2) is 4.53. The Morgan fingerprint density at radius 2 is 1.95 bits per heavy atom. The minimum absolute atomic E-state index is 0.0137. The molecule has 0 saturated heterocycles. The lowest BCUT2D eigenvalue weighted by Gasteiger charge is -2.01. The molecular formula is C11H6IN5O2. The van der Waals surface area contributed by atoms with Crippen LogP contribution < -0.4 is 0 Å². The highest BCUT2D eigenvalue weighted by molar-refractivity contribution is 14.1. The van der Waals surface area contributed by atoms with E-state index in [2.05, 4.69) is 37.7 Å². The van der Waals surface area contributed by atoms with Crippen LogP contribution in [0.2, 0.25) is 0 Å². The zero-order valence-electron chi connectivity index (χ0n) is 9.39. The predicted molar refractivity (Wildman–Crippen MR) is 76.0 cm³/mol. The molecule has 94 valence electrons. The minimum Gasteiger partial charge on any atom is -0.258 e. The fraction of sp³-hybridized carbons (Fsp3) is 0. The van der Waals surface area contributed by atoms with E-state index in [9.17, 15) is 10.1 Å². The largest absolute Gasteiger partial charge is 0.271 e. The Bertz CT molecular complexity index is 768. The zero-order valence-corrected chi connectivity index (χ0v) is 11.6. The predicted octanol–water partition coefficient (Wildman–Crippen LogP) is 2.33. The molecule has 0 N–H and O–H groups in total. The van der Waals surface area contributed by atoms with E-state index in [0.717, 1.165) is 8.96 Å². The molecule has 0 radical (unpaired) electrons. The number of nitro groups is 1. The zero-order chi connectivity index (χ0) is 13.4. The van der Waals surface area contributed by atoms with Crippen molar-refractivity contribution >= 4 is 39.2 Å². The molecule has 0 fully saturated rings. The Kier molecular flexibility index (Phi) is 2.85. The van der Waals surface area contributed by atoms with Crippen molar-refractivity contribution in [3.63, 3.8) is 0 Å². The molecule has 0 bridgehead atoms. The average molecular weight is 367 g/mol. The molecule has 1 aromatic carbocycles. The molecule has 0 aliphatic rings. The summed E-state index contributed by atoms with van der Waals surface area (Å²) in [5, 5.41) is 15.8. The molecule has 0 aliphatic heterocycles. The van der Waals surface area contributed by atoms with Gasteiger partial charge in [0.15, 0.2) is 0 Å². The van der Waals surface area contributed by atoms with Crippen LogP contribution in [0.3, 0.4) is 0 Å². The normalized spacial score (nSPS) is 10.8. The van der Waals surface area contributed by atoms with Crippen LogP contribution in [-0.2, 0) is 0 Å². The maximum Gasteiger partial charge on any atom is 0.271 e. The van der Waals surface area contributed by atoms with Crippen LogP contribution in [0.15, 0.2) is 36.8 Å². The summed E-state index contributed by atoms with van der Waals surface area (Å²) in [5.41, 5.74) is 0.621. The maximum atomic E-state index is 10.8. The molecule has 0 atom stereocenters. The molecule has 3 rings (SSSR count). The number of benzene rings is 1. The van der Waals surface area contributed by atoms with Gasteiger partial charge in [0, 0.05) is 33.5 Å². The van der Waals surface area contributed by atoms with Crippen LogP contribution in [0.25, 0.3) is 16.9 Å². The topological polar surface area (TPSA) is 86.7 Å². The number of non-ortho nitro benzene ring substituents is 1. The van der Waals surface area contributed by atoms with E-state index in [1.807, 2.05) is 0 Å². The number of hydrogen-bond acceptors (Lipinski definition) is 5. The van der Waals surface area contributed by atoms with Crippen molar-refractivity contribution in [3.05, 3.63) is 50.5 Å². The van der Waals surface area contributed by atoms with E-state index in [0.29, 0.717) is 11.5 Å². The lowest BCUT2D eigenvalue weighted by atomic mass is 10.2. The first kappa shape index (κ1) is 12.0. The van der Waals surface area contributed by atoms with Crippen LogP contribution in [0.1, 0.15) is 0 Å². The summed E-state index contributed by atoms with van der Waals surface area (Å²) in [7, 11) is 0. The molecule has 2 heterocycles. The molecule has 0 unspecified atom stereocenters. The van der Waals surface area contributed by atoms with E-state index in [4.69, 9.17) is 0 Å². The van der Waals surface area contributed by atoms with Crippen molar-refractivity contribution in [2.75, 3.05) is 0 Å². The lowest BCUT2D eigenvalue weighted by Crippen LogP contribution is -2.02. The maximum absolute atomic E-state index is 10.8. The van der Waals surface area contributed by atoms with Gasteiger partial charge >= 0.3 is 0 Å². The van der Waals surface area contributed by atoms with Crippen LogP contribution in [0.5, 0.6) is 0 Å². The van der Waals surface area contributed by atoms with Gasteiger partial charge < -0.3 is 0 Å². The second-order valence-electron chi connectivity index (χ2n) is 3.76. The number of nitrogens with zero attached hydrogens (tertiary/aromatic N) is 5. The van der Waals surface area contributed by atoms with Crippen molar-refractivity contribution < 1.29 is 4.92 Å². The SMILES string of the molecule is O=[N+]([O-])c1ccc2cnn(-c3ncc(I)cn3)c2c1. The Morgan fingerprint density at radius 3 is 2.63 bits per heavy atom. The smallest absolute Gasteiger partial charge is 0.258 e. The fourth-order valence-corrected chi connectivity index (χ4v) is 1.97. The Labute approximate surface area is 120 Å². The van der Waals surface area contributed by atoms with Crippen molar-refractivity contribution in [2.45, 2.75) is 0 Å². The monoisotopic (exact) mass is 367 g/mol. The quantitative estimate of drug-likeness (QED) is 0.394. The van der Waals surface area contributed by atoms with Gasteiger partial charge in [-0.15, -0.1) is 0 Å². The summed E-state index contributed by atoms with van der Waals surface area (Å²) in [6.45, 7) is 0. The average Bonchev–Trinajstić information content (AvgIpc) is 2.82. The van der Waals surface area contributed by atoms with E-state index >= 15 is 0 Å². The third-order valence-corrected chi connectivity index (χ3v) is 3.12. The molecule has 7 nitrogen and oxygen atoms in total. The van der Waals surface area contributed by atoms with Gasteiger partial charge in [0.05, 0.1) is 16.6 Å². The molecule has 8 heteroatoms. The Hall–Kier alpha value is -2.10. The van der Waals surface area contributed by atoms with Gasteiger partial charge in [0.2, 0.25) is 0 Å². The summed E-state index contributed by atoms with van der Waals surface area (Å²) in [6, 6.07) is 4.57. The highest BCUT2D eigenvalue weighted by Crippen LogP contribution is 2.22. The molecule has 2 aromatic heterocycles. The Balaban J connectivity index is 2.21. The standard InChI is InChI=1S/C11H6IN5O2/c12-8-5-13-11(14-6-8)16-10-3-9(17(18)19)2-1-7(10)4-15-16/h1-6H. The van der Waals surface area contributed by atoms with Crippen molar-refractivity contribution in [1.29, 1.82) is 0 Å². The summed E-state index contributed by atoms with van der Waals surface area (Å²) in [5.74, 6) is 0.385. The first-order chi connectivity index (χ1) is 9.15. The number of nitro benzene ring substituents is 1. The third-order valence-electron chi connectivity index (χ3n) is 2.56. The van der Waals surface area contributed by atoms with Crippen molar-refractivity contribution in [2.24, 2.45) is 0 Å². The van der Waals surface area contributed by atoms with Gasteiger partial charge in [0.1, 0.15) is 0 Å². The van der Waals surface area contributed by atoms with Gasteiger partial charge in [-0.3, -0.25) is 10.1 Å². The minimum atomic E-state index is -0.439. The summed E-state index contributed by atoms with van der Waals surface area (Å²) >= 11 is 2.10. The molecule has 0 aliphatic carbocycles. The van der Waals surface area contributed by atoms with E-state index < -0.39 is 4.92 Å². The first-order valence-corrected chi connectivity index (χ1v) is 6.33. The molecule has 0 saturated carbocycles. The molecule has 3 aromatic rings. The Morgan fingerprint density at radius 1 is 1.21 bits per heavy atom. The van der Waals surface area contributed by atoms with Crippen molar-refractivity contribution in [1.82, 2.24) is 19.7 Å². The number of rotatable bonds is 2. The van der Waals surface area contributed by atoms with Gasteiger partial charge in [-0.05, 0) is 28.7 Å². The summed E-state index contributed by atoms with van der Waals surface area (Å²) in [6.07, 6.45) is 4.95. The van der Waals surface area contributed by atoms with Gasteiger partial charge in [-0.25, -0.2) is 9.97 Å². The summed E-state index contributed by atoms with van der Waals surface area (Å²) < 4.78 is 2.39. The second-order valence-corrected chi connectivity index (χ2v) is 5.00. The highest BCUT2D eigenvalue weighted by atomic mass is 127. The number of fused-ring (bicyclic) bond motifs is 1. The van der Waals surface area contributed by atoms with Crippen molar-refractivity contribution in [3.8, 4) is 5.95 Å². The van der Waals surface area contributed by atoms with E-state index in [1.54, 1.807) is 24.7 Å².